The van der Waals surface area contributed by atoms with E-state index in [2.05, 4.69) is 0 Å². The predicted molar refractivity (Wildman–Crippen MR) is 68.6 cm³/mol. The molecule has 4 N–H and O–H groups in total. The molecule has 2 atom stereocenters. The lowest BCUT2D eigenvalue weighted by atomic mass is 9.76. The van der Waals surface area contributed by atoms with Gasteiger partial charge in [0, 0.05) is 5.02 Å². The minimum Gasteiger partial charge on any atom is -0.481 e. The topological polar surface area (TPSA) is 133 Å². The van der Waals surface area contributed by atoms with Crippen molar-refractivity contribution in [3.8, 4) is 0 Å². The molecular formula is C12H9ClN2O6. The third-order valence-corrected chi connectivity index (χ3v) is 3.38. The van der Waals surface area contributed by atoms with Crippen LogP contribution in [0.25, 0.3) is 0 Å². The summed E-state index contributed by atoms with van der Waals surface area (Å²) < 4.78 is 0. The van der Waals surface area contributed by atoms with Gasteiger partial charge in [-0.05, 0) is 17.7 Å². The van der Waals surface area contributed by atoms with Crippen LogP contribution in [0, 0.1) is 5.92 Å². The van der Waals surface area contributed by atoms with Crippen LogP contribution in [0.2, 0.25) is 5.02 Å². The maximum Gasteiger partial charge on any atom is 0.335 e. The Morgan fingerprint density at radius 1 is 1.14 bits per heavy atom. The minimum atomic E-state index is -2.41. The molecule has 0 spiro atoms. The fraction of sp³-hybridized carbons (Fsp3) is 0.167. The van der Waals surface area contributed by atoms with E-state index in [1.807, 2.05) is 5.32 Å². The highest BCUT2D eigenvalue weighted by atomic mass is 35.5. The summed E-state index contributed by atoms with van der Waals surface area (Å²) in [6.45, 7) is 0. The summed E-state index contributed by atoms with van der Waals surface area (Å²) in [5.74, 6) is -6.57. The molecule has 110 valence electrons. The Labute approximate surface area is 122 Å². The zero-order valence-electron chi connectivity index (χ0n) is 10.3. The summed E-state index contributed by atoms with van der Waals surface area (Å²) in [6.07, 6.45) is 0. The van der Waals surface area contributed by atoms with Gasteiger partial charge in [-0.25, -0.2) is 9.59 Å². The summed E-state index contributed by atoms with van der Waals surface area (Å²) in [7, 11) is 0. The molecule has 1 aliphatic rings. The van der Waals surface area contributed by atoms with Gasteiger partial charge in [0.15, 0.2) is 11.5 Å². The SMILES string of the molecule is O=C1NC(=O)C(C(=O)O)C(C(=O)O)(c2ccc(Cl)cc2)N1. The van der Waals surface area contributed by atoms with Gasteiger partial charge in [0.25, 0.3) is 0 Å². The summed E-state index contributed by atoms with van der Waals surface area (Å²) >= 11 is 5.70. The number of imide groups is 1. The zero-order chi connectivity index (χ0) is 15.8. The normalized spacial score (nSPS) is 24.9. The Bertz CT molecular complexity index is 644. The van der Waals surface area contributed by atoms with Crippen molar-refractivity contribution in [1.82, 2.24) is 10.6 Å². The number of carbonyl (C=O) groups is 4. The second-order valence-corrected chi connectivity index (χ2v) is 4.77. The van der Waals surface area contributed by atoms with Crippen molar-refractivity contribution in [2.45, 2.75) is 5.54 Å². The Kier molecular flexibility index (Phi) is 3.56. The summed E-state index contributed by atoms with van der Waals surface area (Å²) in [6, 6.07) is 4.06. The van der Waals surface area contributed by atoms with Crippen LogP contribution in [0.4, 0.5) is 4.79 Å². The Morgan fingerprint density at radius 2 is 1.71 bits per heavy atom. The Balaban J connectivity index is 2.69. The Hall–Kier alpha value is -2.61. The van der Waals surface area contributed by atoms with E-state index in [1.54, 1.807) is 5.32 Å². The molecule has 3 amide bonds. The monoisotopic (exact) mass is 312 g/mol. The first-order chi connectivity index (χ1) is 9.79. The molecule has 0 saturated carbocycles. The third kappa shape index (κ3) is 2.29. The van der Waals surface area contributed by atoms with E-state index in [9.17, 15) is 29.4 Å². The fourth-order valence-electron chi connectivity index (χ4n) is 2.21. The fourth-order valence-corrected chi connectivity index (χ4v) is 2.34. The number of hydrogen-bond donors (Lipinski definition) is 4. The average molecular weight is 313 g/mol. The molecule has 0 aliphatic carbocycles. The van der Waals surface area contributed by atoms with Gasteiger partial charge < -0.3 is 15.5 Å². The van der Waals surface area contributed by atoms with Crippen LogP contribution in [-0.4, -0.2) is 34.1 Å². The minimum absolute atomic E-state index is 0.0741. The van der Waals surface area contributed by atoms with Gasteiger partial charge in [0.05, 0.1) is 0 Å². The molecule has 1 aliphatic heterocycles. The van der Waals surface area contributed by atoms with Crippen molar-refractivity contribution >= 4 is 35.5 Å². The number of halogens is 1. The van der Waals surface area contributed by atoms with Crippen LogP contribution in [0.3, 0.4) is 0 Å². The van der Waals surface area contributed by atoms with Crippen LogP contribution in [-0.2, 0) is 19.9 Å². The van der Waals surface area contributed by atoms with E-state index in [1.165, 1.54) is 24.3 Å². The smallest absolute Gasteiger partial charge is 0.335 e. The van der Waals surface area contributed by atoms with Gasteiger partial charge in [0.2, 0.25) is 5.91 Å². The molecule has 2 unspecified atom stereocenters. The highest BCUT2D eigenvalue weighted by Gasteiger charge is 2.59. The van der Waals surface area contributed by atoms with E-state index in [0.717, 1.165) is 0 Å². The third-order valence-electron chi connectivity index (χ3n) is 3.13. The molecule has 8 nitrogen and oxygen atoms in total. The van der Waals surface area contributed by atoms with E-state index in [0.29, 0.717) is 0 Å². The number of hydrogen-bond acceptors (Lipinski definition) is 4. The number of carbonyl (C=O) groups excluding carboxylic acids is 2. The summed E-state index contributed by atoms with van der Waals surface area (Å²) in [4.78, 5) is 46.2. The quantitative estimate of drug-likeness (QED) is 0.588. The van der Waals surface area contributed by atoms with Crippen molar-refractivity contribution in [2.24, 2.45) is 5.92 Å². The van der Waals surface area contributed by atoms with Crippen molar-refractivity contribution < 1.29 is 29.4 Å². The molecule has 1 saturated heterocycles. The first-order valence-corrected chi connectivity index (χ1v) is 6.02. The van der Waals surface area contributed by atoms with Crippen LogP contribution < -0.4 is 10.6 Å². The van der Waals surface area contributed by atoms with Crippen LogP contribution in [0.5, 0.6) is 0 Å². The lowest BCUT2D eigenvalue weighted by Crippen LogP contribution is -2.69. The molecule has 1 heterocycles. The number of amides is 3. The highest BCUT2D eigenvalue weighted by Crippen LogP contribution is 2.34. The van der Waals surface area contributed by atoms with Gasteiger partial charge in [-0.15, -0.1) is 0 Å². The van der Waals surface area contributed by atoms with E-state index >= 15 is 0 Å². The Morgan fingerprint density at radius 3 is 2.19 bits per heavy atom. The molecule has 9 heteroatoms. The maximum atomic E-state index is 11.8. The molecule has 0 bridgehead atoms. The number of urea groups is 1. The predicted octanol–water partition coefficient (Wildman–Crippen LogP) is 0.160. The van der Waals surface area contributed by atoms with E-state index in [-0.39, 0.29) is 10.6 Å². The van der Waals surface area contributed by atoms with Crippen LogP contribution in [0.1, 0.15) is 5.56 Å². The second kappa shape index (κ2) is 5.06. The molecule has 0 radical (unpaired) electrons. The number of aliphatic carboxylic acids is 2. The second-order valence-electron chi connectivity index (χ2n) is 4.33. The first kappa shape index (κ1) is 14.8. The maximum absolute atomic E-state index is 11.8. The molecule has 1 fully saturated rings. The highest BCUT2D eigenvalue weighted by molar-refractivity contribution is 6.30. The van der Waals surface area contributed by atoms with Crippen LogP contribution >= 0.6 is 11.6 Å². The standard InChI is InChI=1S/C12H9ClN2O6/c13-6-3-1-5(2-4-6)12(10(19)20)7(9(17)18)8(16)14-11(21)15-12/h1-4,7H,(H,17,18)(H,19,20)(H2,14,15,16,21). The van der Waals surface area contributed by atoms with Gasteiger partial charge in [-0.2, -0.15) is 0 Å². The van der Waals surface area contributed by atoms with Crippen molar-refractivity contribution in [3.05, 3.63) is 34.9 Å². The lowest BCUT2D eigenvalue weighted by molar-refractivity contribution is -0.163. The van der Waals surface area contributed by atoms with Gasteiger partial charge >= 0.3 is 18.0 Å². The zero-order valence-corrected chi connectivity index (χ0v) is 11.0. The molecule has 1 aromatic rings. The number of carboxylic acids is 2. The van der Waals surface area contributed by atoms with Gasteiger partial charge in [-0.3, -0.25) is 14.9 Å². The first-order valence-electron chi connectivity index (χ1n) is 5.64. The lowest BCUT2D eigenvalue weighted by Gasteiger charge is -2.38. The van der Waals surface area contributed by atoms with Crippen molar-refractivity contribution in [3.63, 3.8) is 0 Å². The number of nitrogens with one attached hydrogen (secondary N) is 2. The summed E-state index contributed by atoms with van der Waals surface area (Å²) in [5, 5.41) is 22.7. The molecule has 2 rings (SSSR count). The number of benzene rings is 1. The molecule has 21 heavy (non-hydrogen) atoms. The van der Waals surface area contributed by atoms with Gasteiger partial charge in [-0.1, -0.05) is 23.7 Å². The number of carboxylic acid groups (broad SMARTS) is 2. The number of rotatable bonds is 3. The van der Waals surface area contributed by atoms with Crippen LogP contribution in [0.15, 0.2) is 24.3 Å². The van der Waals surface area contributed by atoms with E-state index in [4.69, 9.17) is 11.6 Å². The molecule has 0 aromatic heterocycles. The molecular weight excluding hydrogens is 304 g/mol. The van der Waals surface area contributed by atoms with Crippen molar-refractivity contribution in [1.29, 1.82) is 0 Å². The van der Waals surface area contributed by atoms with Gasteiger partial charge in [0.1, 0.15) is 0 Å². The largest absolute Gasteiger partial charge is 0.481 e. The van der Waals surface area contributed by atoms with E-state index < -0.39 is 35.3 Å². The molecule has 1 aromatic carbocycles. The van der Waals surface area contributed by atoms with Crippen molar-refractivity contribution in [2.75, 3.05) is 0 Å². The summed E-state index contributed by atoms with van der Waals surface area (Å²) in [5.41, 5.74) is -2.48. The average Bonchev–Trinajstić information content (AvgIpc) is 2.37.